The Morgan fingerprint density at radius 2 is 1.70 bits per heavy atom. The van der Waals surface area contributed by atoms with Crippen molar-refractivity contribution in [2.45, 2.75) is 65.1 Å². The summed E-state index contributed by atoms with van der Waals surface area (Å²) in [6.45, 7) is 8.82. The molecular weight excluding hydrogens is 246 g/mol. The minimum atomic E-state index is -0.413. The molecule has 1 aliphatic carbocycles. The van der Waals surface area contributed by atoms with E-state index in [1.54, 1.807) is 0 Å². The summed E-state index contributed by atoms with van der Waals surface area (Å²) in [7, 11) is 0. The molecule has 0 aliphatic heterocycles. The summed E-state index contributed by atoms with van der Waals surface area (Å²) in [6, 6.07) is 9.27. The lowest BCUT2D eigenvalue weighted by molar-refractivity contribution is 0.104. The highest BCUT2D eigenvalue weighted by atomic mass is 16.3. The van der Waals surface area contributed by atoms with E-state index in [4.69, 9.17) is 0 Å². The van der Waals surface area contributed by atoms with Crippen LogP contribution in [0.25, 0.3) is 0 Å². The van der Waals surface area contributed by atoms with Crippen molar-refractivity contribution in [1.29, 1.82) is 0 Å². The van der Waals surface area contributed by atoms with Crippen molar-refractivity contribution in [2.75, 3.05) is 0 Å². The van der Waals surface area contributed by atoms with Gasteiger partial charge in [0.1, 0.15) is 0 Å². The molecule has 2 atom stereocenters. The Hall–Kier alpha value is -0.860. The number of nitrogens with one attached hydrogen (secondary N) is 1. The van der Waals surface area contributed by atoms with E-state index in [1.807, 2.05) is 0 Å². The summed E-state index contributed by atoms with van der Waals surface area (Å²) < 4.78 is 0. The fourth-order valence-corrected chi connectivity index (χ4v) is 2.70. The van der Waals surface area contributed by atoms with Crippen molar-refractivity contribution in [2.24, 2.45) is 11.8 Å². The predicted molar refractivity (Wildman–Crippen MR) is 84.7 cm³/mol. The third-order valence-electron chi connectivity index (χ3n) is 4.03. The zero-order valence-electron chi connectivity index (χ0n) is 13.3. The molecule has 2 rings (SSSR count). The minimum Gasteiger partial charge on any atom is -0.387 e. The van der Waals surface area contributed by atoms with Gasteiger partial charge in [0, 0.05) is 12.1 Å². The van der Waals surface area contributed by atoms with E-state index >= 15 is 0 Å². The second kappa shape index (κ2) is 6.73. The van der Waals surface area contributed by atoms with Crippen LogP contribution in [0.3, 0.4) is 0 Å². The lowest BCUT2D eigenvalue weighted by Gasteiger charge is -2.28. The predicted octanol–water partition coefficient (Wildman–Crippen LogP) is 3.70. The fraction of sp³-hybridized carbons (Fsp3) is 0.667. The highest BCUT2D eigenvalue weighted by Gasteiger charge is 2.30. The summed E-state index contributed by atoms with van der Waals surface area (Å²) in [5.41, 5.74) is 2.39. The molecular formula is C18H29NO. The number of aliphatic hydroxyl groups is 1. The quantitative estimate of drug-likeness (QED) is 0.795. The van der Waals surface area contributed by atoms with Crippen LogP contribution in [0.5, 0.6) is 0 Å². The molecule has 0 heterocycles. The highest BCUT2D eigenvalue weighted by Crippen LogP contribution is 2.27. The second-order valence-electron chi connectivity index (χ2n) is 7.00. The number of hydrogen-bond acceptors (Lipinski definition) is 2. The van der Waals surface area contributed by atoms with Gasteiger partial charge in [0.15, 0.2) is 0 Å². The van der Waals surface area contributed by atoms with Gasteiger partial charge in [-0.25, -0.2) is 0 Å². The first kappa shape index (κ1) is 15.5. The number of rotatable bonds is 7. The monoisotopic (exact) mass is 275 g/mol. The fourth-order valence-electron chi connectivity index (χ4n) is 2.70. The lowest BCUT2D eigenvalue weighted by atomic mass is 9.92. The Balaban J connectivity index is 2.03. The molecule has 1 aromatic carbocycles. The molecule has 1 saturated carbocycles. The molecule has 1 fully saturated rings. The summed E-state index contributed by atoms with van der Waals surface area (Å²) >= 11 is 0. The Morgan fingerprint density at radius 1 is 1.10 bits per heavy atom. The van der Waals surface area contributed by atoms with Gasteiger partial charge in [0.2, 0.25) is 0 Å². The van der Waals surface area contributed by atoms with Gasteiger partial charge in [-0.15, -0.1) is 0 Å². The normalized spacial score (nSPS) is 18.6. The summed E-state index contributed by atoms with van der Waals surface area (Å²) in [4.78, 5) is 0. The number of aliphatic hydroxyl groups excluding tert-OH is 1. The van der Waals surface area contributed by atoms with E-state index < -0.39 is 6.10 Å². The van der Waals surface area contributed by atoms with Crippen molar-refractivity contribution in [1.82, 2.24) is 5.32 Å². The first-order chi connectivity index (χ1) is 9.47. The van der Waals surface area contributed by atoms with Crippen LogP contribution in [0.2, 0.25) is 0 Å². The average molecular weight is 275 g/mol. The molecule has 0 bridgehead atoms. The first-order valence-corrected chi connectivity index (χ1v) is 8.00. The van der Waals surface area contributed by atoms with Crippen LogP contribution in [0.4, 0.5) is 0 Å². The van der Waals surface area contributed by atoms with Crippen LogP contribution in [-0.2, 0) is 6.42 Å². The highest BCUT2D eigenvalue weighted by molar-refractivity contribution is 5.25. The Kier molecular flexibility index (Phi) is 5.22. The lowest BCUT2D eigenvalue weighted by Crippen LogP contribution is -2.40. The Bertz CT molecular complexity index is 406. The zero-order chi connectivity index (χ0) is 14.7. The van der Waals surface area contributed by atoms with Crippen molar-refractivity contribution in [3.05, 3.63) is 35.4 Å². The van der Waals surface area contributed by atoms with Gasteiger partial charge in [-0.05, 0) is 42.2 Å². The van der Waals surface area contributed by atoms with Gasteiger partial charge < -0.3 is 10.4 Å². The van der Waals surface area contributed by atoms with E-state index in [0.717, 1.165) is 12.0 Å². The molecule has 1 aromatic rings. The maximum atomic E-state index is 10.6. The van der Waals surface area contributed by atoms with Crippen molar-refractivity contribution < 1.29 is 5.11 Å². The molecule has 2 N–H and O–H groups in total. The van der Waals surface area contributed by atoms with E-state index in [1.165, 1.54) is 18.4 Å². The molecule has 1 aliphatic rings. The molecule has 0 spiro atoms. The van der Waals surface area contributed by atoms with Gasteiger partial charge in [-0.1, -0.05) is 52.0 Å². The third-order valence-corrected chi connectivity index (χ3v) is 4.03. The summed E-state index contributed by atoms with van der Waals surface area (Å²) in [6.07, 6.45) is 3.19. The second-order valence-corrected chi connectivity index (χ2v) is 7.00. The van der Waals surface area contributed by atoms with Crippen LogP contribution in [0.1, 0.15) is 57.8 Å². The summed E-state index contributed by atoms with van der Waals surface area (Å²) in [5, 5.41) is 14.2. The van der Waals surface area contributed by atoms with E-state index in [-0.39, 0.29) is 6.04 Å². The molecule has 20 heavy (non-hydrogen) atoms. The largest absolute Gasteiger partial charge is 0.387 e. The molecule has 0 radical (unpaired) electrons. The molecule has 0 amide bonds. The maximum Gasteiger partial charge on any atom is 0.0945 e. The number of benzene rings is 1. The Labute approximate surface area is 123 Å². The first-order valence-electron chi connectivity index (χ1n) is 8.00. The van der Waals surface area contributed by atoms with Crippen LogP contribution in [-0.4, -0.2) is 17.2 Å². The molecule has 0 saturated heterocycles. The number of hydrogen-bond donors (Lipinski definition) is 2. The molecule has 2 unspecified atom stereocenters. The standard InChI is InChI=1S/C18H29NO/c1-12(2)11-14-5-7-15(8-6-14)18(20)17(13(3)4)19-16-9-10-16/h5-8,12-13,16-20H,9-11H2,1-4H3. The van der Waals surface area contributed by atoms with E-state index in [0.29, 0.717) is 17.9 Å². The van der Waals surface area contributed by atoms with Crippen LogP contribution >= 0.6 is 0 Å². The van der Waals surface area contributed by atoms with Gasteiger partial charge in [0.25, 0.3) is 0 Å². The van der Waals surface area contributed by atoms with Crippen molar-refractivity contribution in [3.8, 4) is 0 Å². The molecule has 112 valence electrons. The van der Waals surface area contributed by atoms with Crippen LogP contribution in [0, 0.1) is 11.8 Å². The van der Waals surface area contributed by atoms with E-state index in [9.17, 15) is 5.11 Å². The van der Waals surface area contributed by atoms with Gasteiger partial charge >= 0.3 is 0 Å². The molecule has 0 aromatic heterocycles. The topological polar surface area (TPSA) is 32.3 Å². The summed E-state index contributed by atoms with van der Waals surface area (Å²) in [5.74, 6) is 1.10. The average Bonchev–Trinajstić information content (AvgIpc) is 3.19. The minimum absolute atomic E-state index is 0.151. The van der Waals surface area contributed by atoms with Crippen LogP contribution in [0.15, 0.2) is 24.3 Å². The molecule has 2 heteroatoms. The maximum absolute atomic E-state index is 10.6. The van der Waals surface area contributed by atoms with Gasteiger partial charge in [-0.3, -0.25) is 0 Å². The SMILES string of the molecule is CC(C)Cc1ccc(C(O)C(NC2CC2)C(C)C)cc1. The van der Waals surface area contributed by atoms with E-state index in [2.05, 4.69) is 57.3 Å². The molecule has 2 nitrogen and oxygen atoms in total. The Morgan fingerprint density at radius 3 is 2.15 bits per heavy atom. The van der Waals surface area contributed by atoms with Crippen molar-refractivity contribution in [3.63, 3.8) is 0 Å². The van der Waals surface area contributed by atoms with Gasteiger partial charge in [-0.2, -0.15) is 0 Å². The smallest absolute Gasteiger partial charge is 0.0945 e. The van der Waals surface area contributed by atoms with Crippen molar-refractivity contribution >= 4 is 0 Å². The van der Waals surface area contributed by atoms with Gasteiger partial charge in [0.05, 0.1) is 6.10 Å². The van der Waals surface area contributed by atoms with Crippen LogP contribution < -0.4 is 5.32 Å². The third kappa shape index (κ3) is 4.32. The zero-order valence-corrected chi connectivity index (χ0v) is 13.3.